The lowest BCUT2D eigenvalue weighted by Crippen LogP contribution is -2.14. The van der Waals surface area contributed by atoms with Crippen molar-refractivity contribution in [1.29, 1.82) is 0 Å². The Kier molecular flexibility index (Phi) is 7.00. The topological polar surface area (TPSA) is 0 Å². The van der Waals surface area contributed by atoms with Gasteiger partial charge in [0.1, 0.15) is 0 Å². The van der Waals surface area contributed by atoms with E-state index in [0.29, 0.717) is 0 Å². The van der Waals surface area contributed by atoms with Crippen LogP contribution < -0.4 is 0 Å². The van der Waals surface area contributed by atoms with Gasteiger partial charge in [-0.15, -0.1) is 0 Å². The van der Waals surface area contributed by atoms with E-state index in [4.69, 9.17) is 0 Å². The maximum absolute atomic E-state index is 2.43. The molecule has 0 aliphatic heterocycles. The summed E-state index contributed by atoms with van der Waals surface area (Å²) in [5.74, 6) is 0. The summed E-state index contributed by atoms with van der Waals surface area (Å²) in [6.07, 6.45) is 0. The second-order valence-corrected chi connectivity index (χ2v) is 15.7. The van der Waals surface area contributed by atoms with Crippen LogP contribution in [-0.4, -0.2) is 0 Å². The Labute approximate surface area is 322 Å². The van der Waals surface area contributed by atoms with Gasteiger partial charge in [-0.25, -0.2) is 0 Å². The van der Waals surface area contributed by atoms with Crippen molar-refractivity contribution < 1.29 is 0 Å². The average Bonchev–Trinajstić information content (AvgIpc) is 3.46. The summed E-state index contributed by atoms with van der Waals surface area (Å²) in [7, 11) is 0. The highest BCUT2D eigenvalue weighted by molar-refractivity contribution is 6.21. The van der Waals surface area contributed by atoms with Gasteiger partial charge >= 0.3 is 0 Å². The van der Waals surface area contributed by atoms with E-state index in [1.54, 1.807) is 0 Å². The first kappa shape index (κ1) is 31.7. The molecule has 1 aliphatic rings. The Morgan fingerprint density at radius 3 is 1.40 bits per heavy atom. The molecule has 0 spiro atoms. The summed E-state index contributed by atoms with van der Waals surface area (Å²) in [6, 6.07) is 72.2. The molecular formula is C55H38. The van der Waals surface area contributed by atoms with Gasteiger partial charge in [0.05, 0.1) is 0 Å². The number of hydrogen-bond donors (Lipinski definition) is 0. The lowest BCUT2D eigenvalue weighted by Gasteiger charge is -2.22. The van der Waals surface area contributed by atoms with E-state index in [9.17, 15) is 0 Å². The largest absolute Gasteiger partial charge is 0.0616 e. The van der Waals surface area contributed by atoms with Gasteiger partial charge in [-0.2, -0.15) is 0 Å². The third-order valence-electron chi connectivity index (χ3n) is 12.2. The van der Waals surface area contributed by atoms with Crippen molar-refractivity contribution in [3.63, 3.8) is 0 Å². The smallest absolute Gasteiger partial charge is 0.0159 e. The predicted molar refractivity (Wildman–Crippen MR) is 236 cm³/mol. The fourth-order valence-corrected chi connectivity index (χ4v) is 9.42. The van der Waals surface area contributed by atoms with Crippen molar-refractivity contribution >= 4 is 43.1 Å². The minimum absolute atomic E-state index is 0.0502. The Morgan fingerprint density at radius 1 is 0.273 bits per heavy atom. The molecule has 0 heterocycles. The molecule has 11 rings (SSSR count). The molecule has 0 bridgehead atoms. The molecule has 0 saturated carbocycles. The van der Waals surface area contributed by atoms with Gasteiger partial charge in [0.15, 0.2) is 0 Å². The predicted octanol–water partition coefficient (Wildman–Crippen LogP) is 15.3. The molecule has 55 heavy (non-hydrogen) atoms. The Hall–Kier alpha value is -6.76. The zero-order valence-electron chi connectivity index (χ0n) is 31.0. The summed E-state index contributed by atoms with van der Waals surface area (Å²) in [6.45, 7) is 4.73. The van der Waals surface area contributed by atoms with Crippen LogP contribution in [0.25, 0.3) is 98.7 Å². The highest BCUT2D eigenvalue weighted by atomic mass is 14.4. The van der Waals surface area contributed by atoms with E-state index in [1.165, 1.54) is 110 Å². The van der Waals surface area contributed by atoms with Crippen LogP contribution in [0, 0.1) is 0 Å². The molecule has 0 fully saturated rings. The second kappa shape index (κ2) is 12.1. The molecule has 10 aromatic rings. The average molecular weight is 699 g/mol. The van der Waals surface area contributed by atoms with E-state index in [2.05, 4.69) is 208 Å². The summed E-state index contributed by atoms with van der Waals surface area (Å²) in [4.78, 5) is 0. The molecule has 0 aromatic heterocycles. The molecule has 0 heteroatoms. The van der Waals surface area contributed by atoms with E-state index in [-0.39, 0.29) is 5.41 Å². The number of rotatable bonds is 4. The molecule has 0 saturated heterocycles. The monoisotopic (exact) mass is 698 g/mol. The van der Waals surface area contributed by atoms with Crippen molar-refractivity contribution in [3.8, 4) is 55.6 Å². The normalized spacial score (nSPS) is 13.1. The molecule has 0 radical (unpaired) electrons. The van der Waals surface area contributed by atoms with Crippen LogP contribution in [0.4, 0.5) is 0 Å². The van der Waals surface area contributed by atoms with E-state index >= 15 is 0 Å². The Morgan fingerprint density at radius 2 is 0.727 bits per heavy atom. The maximum atomic E-state index is 2.43. The highest BCUT2D eigenvalue weighted by Crippen LogP contribution is 2.51. The van der Waals surface area contributed by atoms with Gasteiger partial charge in [-0.05, 0) is 140 Å². The van der Waals surface area contributed by atoms with Gasteiger partial charge in [-0.3, -0.25) is 0 Å². The van der Waals surface area contributed by atoms with Crippen LogP contribution in [0.5, 0.6) is 0 Å². The minimum Gasteiger partial charge on any atom is -0.0616 e. The SMILES string of the molecule is CC1(C)c2ccc(-c3cccc(-c4c5ccccc5c(-c5ccc(-c6ccc7ccccc7c6)cc5)c5ccccc45)c3)cc2-c2cc3ccccc3cc21. The molecule has 1 aliphatic carbocycles. The Balaban J connectivity index is 1.04. The van der Waals surface area contributed by atoms with Gasteiger partial charge in [0.2, 0.25) is 0 Å². The van der Waals surface area contributed by atoms with Gasteiger partial charge < -0.3 is 0 Å². The van der Waals surface area contributed by atoms with Crippen LogP contribution in [0.3, 0.4) is 0 Å². The molecule has 0 unspecified atom stereocenters. The minimum atomic E-state index is -0.0502. The Bertz CT molecular complexity index is 3100. The standard InChI is InChI=1S/C55H38/c1-55(2)51-29-28-43(33-49(51)50-32-40-14-5-6-15-41(40)34-52(50)55)39-16-11-17-44(31-39)54-47-20-9-7-18-45(47)53(46-19-8-10-21-48(46)54)37-25-22-36(23-26-37)42-27-24-35-12-3-4-13-38(35)30-42/h3-34H,1-2H3. The fraction of sp³-hybridized carbons (Fsp3) is 0.0545. The summed E-state index contributed by atoms with van der Waals surface area (Å²) in [5, 5.41) is 10.2. The van der Waals surface area contributed by atoms with Crippen LogP contribution in [-0.2, 0) is 5.41 Å². The summed E-state index contributed by atoms with van der Waals surface area (Å²) in [5.41, 5.74) is 15.4. The fourth-order valence-electron chi connectivity index (χ4n) is 9.42. The van der Waals surface area contributed by atoms with Crippen LogP contribution in [0.1, 0.15) is 25.0 Å². The van der Waals surface area contributed by atoms with Crippen molar-refractivity contribution in [2.75, 3.05) is 0 Å². The van der Waals surface area contributed by atoms with E-state index in [1.807, 2.05) is 0 Å². The van der Waals surface area contributed by atoms with Crippen molar-refractivity contribution in [3.05, 3.63) is 205 Å². The van der Waals surface area contributed by atoms with Crippen LogP contribution in [0.15, 0.2) is 194 Å². The zero-order chi connectivity index (χ0) is 36.7. The van der Waals surface area contributed by atoms with E-state index in [0.717, 1.165) is 0 Å². The molecule has 0 N–H and O–H groups in total. The van der Waals surface area contributed by atoms with Crippen LogP contribution >= 0.6 is 0 Å². The van der Waals surface area contributed by atoms with Crippen LogP contribution in [0.2, 0.25) is 0 Å². The summed E-state index contributed by atoms with van der Waals surface area (Å²) < 4.78 is 0. The first-order valence-electron chi connectivity index (χ1n) is 19.3. The third kappa shape index (κ3) is 4.99. The quantitative estimate of drug-likeness (QED) is 0.161. The lowest BCUT2D eigenvalue weighted by atomic mass is 9.81. The first-order chi connectivity index (χ1) is 27.0. The molecule has 0 nitrogen and oxygen atoms in total. The molecule has 0 atom stereocenters. The molecule has 0 amide bonds. The zero-order valence-corrected chi connectivity index (χ0v) is 31.0. The molecular weight excluding hydrogens is 661 g/mol. The van der Waals surface area contributed by atoms with Crippen molar-refractivity contribution in [2.24, 2.45) is 0 Å². The maximum Gasteiger partial charge on any atom is 0.0159 e. The van der Waals surface area contributed by atoms with Gasteiger partial charge in [0.25, 0.3) is 0 Å². The highest BCUT2D eigenvalue weighted by Gasteiger charge is 2.35. The first-order valence-corrected chi connectivity index (χ1v) is 19.3. The third-order valence-corrected chi connectivity index (χ3v) is 12.2. The van der Waals surface area contributed by atoms with Gasteiger partial charge in [-0.1, -0.05) is 178 Å². The molecule has 10 aromatic carbocycles. The number of benzene rings is 10. The van der Waals surface area contributed by atoms with Gasteiger partial charge in [0, 0.05) is 5.41 Å². The van der Waals surface area contributed by atoms with Crippen molar-refractivity contribution in [1.82, 2.24) is 0 Å². The summed E-state index contributed by atoms with van der Waals surface area (Å²) >= 11 is 0. The second-order valence-electron chi connectivity index (χ2n) is 15.7. The van der Waals surface area contributed by atoms with E-state index < -0.39 is 0 Å². The van der Waals surface area contributed by atoms with Crippen molar-refractivity contribution in [2.45, 2.75) is 19.3 Å². The number of hydrogen-bond acceptors (Lipinski definition) is 0. The number of fused-ring (bicyclic) bond motifs is 7. The lowest BCUT2D eigenvalue weighted by molar-refractivity contribution is 0.661. The molecule has 258 valence electrons.